The molecule has 0 aliphatic rings. The van der Waals surface area contributed by atoms with Gasteiger partial charge in [0.15, 0.2) is 11.2 Å². The molecule has 9 heteroatoms. The predicted molar refractivity (Wildman–Crippen MR) is 110 cm³/mol. The summed E-state index contributed by atoms with van der Waals surface area (Å²) in [4.78, 5) is 42.3. The number of aromatic amines is 1. The Bertz CT molecular complexity index is 1360. The van der Waals surface area contributed by atoms with Crippen molar-refractivity contribution in [2.45, 2.75) is 13.1 Å². The van der Waals surface area contributed by atoms with Crippen molar-refractivity contribution in [2.24, 2.45) is 14.1 Å². The molecule has 29 heavy (non-hydrogen) atoms. The summed E-state index contributed by atoms with van der Waals surface area (Å²) in [6.45, 7) is 1.00. The number of nitrogens with zero attached hydrogens (tertiary/aromatic N) is 4. The fraction of sp³-hybridized carbons (Fsp3) is 0.200. The van der Waals surface area contributed by atoms with Gasteiger partial charge < -0.3 is 14.5 Å². The van der Waals surface area contributed by atoms with Crippen LogP contribution in [-0.4, -0.2) is 23.7 Å². The largest absolute Gasteiger partial charge is 0.352 e. The molecule has 3 aromatic heterocycles. The third kappa shape index (κ3) is 3.49. The topological polar surface area (TPSA) is 107 Å². The van der Waals surface area contributed by atoms with E-state index < -0.39 is 11.2 Å². The molecule has 0 unspecified atom stereocenters. The van der Waals surface area contributed by atoms with Crippen molar-refractivity contribution in [3.8, 4) is 0 Å². The van der Waals surface area contributed by atoms with E-state index in [4.69, 9.17) is 0 Å². The van der Waals surface area contributed by atoms with E-state index in [0.29, 0.717) is 30.2 Å². The fourth-order valence-corrected chi connectivity index (χ4v) is 3.20. The van der Waals surface area contributed by atoms with E-state index in [1.165, 1.54) is 10.6 Å². The molecule has 2 N–H and O–H groups in total. The molecule has 4 aromatic rings. The van der Waals surface area contributed by atoms with E-state index in [9.17, 15) is 14.4 Å². The monoisotopic (exact) mass is 392 g/mol. The van der Waals surface area contributed by atoms with E-state index in [1.54, 1.807) is 35.5 Å². The molecule has 0 aliphatic carbocycles. The molecule has 148 valence electrons. The van der Waals surface area contributed by atoms with Gasteiger partial charge in [0.05, 0.1) is 6.54 Å². The van der Waals surface area contributed by atoms with Gasteiger partial charge in [0, 0.05) is 32.9 Å². The molecule has 1 aromatic carbocycles. The van der Waals surface area contributed by atoms with Crippen molar-refractivity contribution >= 4 is 17.1 Å². The molecule has 0 fully saturated rings. The van der Waals surface area contributed by atoms with Gasteiger partial charge in [-0.3, -0.25) is 19.1 Å². The van der Waals surface area contributed by atoms with E-state index in [2.05, 4.69) is 15.3 Å². The number of nitrogens with one attached hydrogen (secondary N) is 2. The Morgan fingerprint density at radius 1 is 0.966 bits per heavy atom. The number of imidazole rings is 1. The Morgan fingerprint density at radius 3 is 2.41 bits per heavy atom. The molecular formula is C20H20N6O3. The zero-order chi connectivity index (χ0) is 20.5. The highest BCUT2D eigenvalue weighted by molar-refractivity contribution is 5.73. The number of aryl methyl sites for hydroxylation is 2. The van der Waals surface area contributed by atoms with Crippen LogP contribution in [0.15, 0.2) is 63.0 Å². The highest BCUT2D eigenvalue weighted by atomic mass is 16.2. The second-order valence-electron chi connectivity index (χ2n) is 6.82. The Balaban J connectivity index is 1.52. The van der Waals surface area contributed by atoms with E-state index in [0.717, 1.165) is 11.1 Å². The summed E-state index contributed by atoms with van der Waals surface area (Å²) in [6.07, 6.45) is 1.76. The number of benzene rings is 1. The van der Waals surface area contributed by atoms with Gasteiger partial charge >= 0.3 is 5.69 Å². The van der Waals surface area contributed by atoms with Gasteiger partial charge in [-0.2, -0.15) is 4.98 Å². The molecule has 9 nitrogen and oxygen atoms in total. The van der Waals surface area contributed by atoms with Crippen molar-refractivity contribution < 1.29 is 0 Å². The van der Waals surface area contributed by atoms with Gasteiger partial charge in [0.2, 0.25) is 5.95 Å². The number of fused-ring (bicyclic) bond motifs is 1. The third-order valence-electron chi connectivity index (χ3n) is 4.86. The van der Waals surface area contributed by atoms with Gasteiger partial charge in [-0.25, -0.2) is 4.79 Å². The minimum absolute atomic E-state index is 0.0375. The molecule has 0 atom stereocenters. The SMILES string of the molecule is Cn1c(NCc2ccc(Cn3ccccc3=O)cc2)nc2c1c(=O)[nH]c(=O)n2C. The van der Waals surface area contributed by atoms with Crippen molar-refractivity contribution in [2.75, 3.05) is 5.32 Å². The molecule has 4 rings (SSSR count). The van der Waals surface area contributed by atoms with Crippen molar-refractivity contribution in [3.05, 3.63) is 91.0 Å². The second kappa shape index (κ2) is 7.27. The zero-order valence-corrected chi connectivity index (χ0v) is 16.0. The summed E-state index contributed by atoms with van der Waals surface area (Å²) in [7, 11) is 3.28. The lowest BCUT2D eigenvalue weighted by molar-refractivity contribution is 0.759. The van der Waals surface area contributed by atoms with E-state index in [-0.39, 0.29) is 5.56 Å². The average Bonchev–Trinajstić information content (AvgIpc) is 3.04. The molecule has 0 radical (unpaired) electrons. The molecule has 0 aliphatic heterocycles. The first-order valence-corrected chi connectivity index (χ1v) is 9.07. The standard InChI is InChI=1S/C20H20N6O3/c1-24-16-17(25(2)20(29)23-18(16)28)22-19(24)21-11-13-6-8-14(9-7-13)12-26-10-4-3-5-15(26)27/h3-10H,11-12H2,1-2H3,(H,21,22)(H,23,28,29). The average molecular weight is 392 g/mol. The zero-order valence-electron chi connectivity index (χ0n) is 16.0. The maximum atomic E-state index is 12.1. The van der Waals surface area contributed by atoms with Crippen LogP contribution in [-0.2, 0) is 27.2 Å². The van der Waals surface area contributed by atoms with E-state index >= 15 is 0 Å². The van der Waals surface area contributed by atoms with Crippen LogP contribution in [0.2, 0.25) is 0 Å². The van der Waals surface area contributed by atoms with Crippen LogP contribution >= 0.6 is 0 Å². The van der Waals surface area contributed by atoms with Crippen molar-refractivity contribution in [3.63, 3.8) is 0 Å². The Kier molecular flexibility index (Phi) is 4.63. The molecule has 0 saturated carbocycles. The molecular weight excluding hydrogens is 372 g/mol. The number of anilines is 1. The summed E-state index contributed by atoms with van der Waals surface area (Å²) in [6, 6.07) is 13.0. The molecule has 0 amide bonds. The van der Waals surface area contributed by atoms with Crippen LogP contribution < -0.4 is 22.1 Å². The van der Waals surface area contributed by atoms with Gasteiger partial charge in [-0.05, 0) is 17.2 Å². The maximum Gasteiger partial charge on any atom is 0.329 e. The second-order valence-corrected chi connectivity index (χ2v) is 6.82. The lowest BCUT2D eigenvalue weighted by Gasteiger charge is -2.08. The van der Waals surface area contributed by atoms with Crippen LogP contribution in [0.4, 0.5) is 5.95 Å². The van der Waals surface area contributed by atoms with Gasteiger partial charge in [0.25, 0.3) is 11.1 Å². The Morgan fingerprint density at radius 2 is 1.69 bits per heavy atom. The van der Waals surface area contributed by atoms with Crippen LogP contribution in [0, 0.1) is 0 Å². The Labute approximate surface area is 164 Å². The van der Waals surface area contributed by atoms with Gasteiger partial charge in [-0.1, -0.05) is 30.3 Å². The third-order valence-corrected chi connectivity index (χ3v) is 4.86. The predicted octanol–water partition coefficient (Wildman–Crippen LogP) is 0.782. The number of pyridine rings is 1. The minimum atomic E-state index is -0.500. The first-order chi connectivity index (χ1) is 13.9. The molecule has 0 bridgehead atoms. The summed E-state index contributed by atoms with van der Waals surface area (Å²) in [5.74, 6) is 0.492. The summed E-state index contributed by atoms with van der Waals surface area (Å²) < 4.78 is 4.58. The number of aromatic nitrogens is 5. The smallest absolute Gasteiger partial charge is 0.329 e. The van der Waals surface area contributed by atoms with Crippen LogP contribution in [0.25, 0.3) is 11.2 Å². The lowest BCUT2D eigenvalue weighted by atomic mass is 10.1. The minimum Gasteiger partial charge on any atom is -0.352 e. The van der Waals surface area contributed by atoms with Gasteiger partial charge in [-0.15, -0.1) is 0 Å². The summed E-state index contributed by atoms with van der Waals surface area (Å²) in [5.41, 5.74) is 1.69. The highest BCUT2D eigenvalue weighted by Crippen LogP contribution is 2.14. The van der Waals surface area contributed by atoms with Crippen LogP contribution in [0.1, 0.15) is 11.1 Å². The first kappa shape index (κ1) is 18.5. The summed E-state index contributed by atoms with van der Waals surface area (Å²) >= 11 is 0. The van der Waals surface area contributed by atoms with Crippen molar-refractivity contribution in [1.29, 1.82) is 0 Å². The normalized spacial score (nSPS) is 11.1. The van der Waals surface area contributed by atoms with Crippen LogP contribution in [0.5, 0.6) is 0 Å². The number of H-pyrrole nitrogens is 1. The number of hydrogen-bond donors (Lipinski definition) is 2. The first-order valence-electron chi connectivity index (χ1n) is 9.07. The van der Waals surface area contributed by atoms with Crippen LogP contribution in [0.3, 0.4) is 0 Å². The summed E-state index contributed by atoms with van der Waals surface area (Å²) in [5, 5.41) is 3.20. The lowest BCUT2D eigenvalue weighted by Crippen LogP contribution is -2.29. The maximum absolute atomic E-state index is 12.1. The number of rotatable bonds is 5. The highest BCUT2D eigenvalue weighted by Gasteiger charge is 2.14. The van der Waals surface area contributed by atoms with E-state index in [1.807, 2.05) is 30.3 Å². The van der Waals surface area contributed by atoms with Crippen molar-refractivity contribution in [1.82, 2.24) is 23.7 Å². The molecule has 0 spiro atoms. The Hall–Kier alpha value is -3.88. The van der Waals surface area contributed by atoms with Gasteiger partial charge in [0.1, 0.15) is 0 Å². The molecule has 0 saturated heterocycles. The number of hydrogen-bond acceptors (Lipinski definition) is 5. The fourth-order valence-electron chi connectivity index (χ4n) is 3.20. The molecule has 3 heterocycles. The quantitative estimate of drug-likeness (QED) is 0.522.